The third kappa shape index (κ3) is 2.41. The van der Waals surface area contributed by atoms with Crippen molar-refractivity contribution < 1.29 is 4.39 Å². The van der Waals surface area contributed by atoms with Crippen molar-refractivity contribution in [3.8, 4) is 0 Å². The molecule has 2 N–H and O–H groups in total. The van der Waals surface area contributed by atoms with Crippen LogP contribution in [-0.4, -0.2) is 10.2 Å². The van der Waals surface area contributed by atoms with Gasteiger partial charge in [0.05, 0.1) is 17.9 Å². The van der Waals surface area contributed by atoms with Crippen LogP contribution in [0.15, 0.2) is 29.2 Å². The maximum Gasteiger partial charge on any atom is 0.285 e. The number of fused-ring (bicyclic) bond motifs is 1. The van der Waals surface area contributed by atoms with Crippen molar-refractivity contribution in [1.82, 2.24) is 10.2 Å². The van der Waals surface area contributed by atoms with Crippen molar-refractivity contribution in [3.05, 3.63) is 56.7 Å². The van der Waals surface area contributed by atoms with Gasteiger partial charge < -0.3 is 5.32 Å². The third-order valence-corrected chi connectivity index (χ3v) is 3.92. The number of benzene rings is 1. The minimum absolute atomic E-state index is 0.0597. The number of aryl methyl sites for hydroxylation is 1. The summed E-state index contributed by atoms with van der Waals surface area (Å²) in [5.41, 5.74) is 2.08. The molecule has 0 saturated carbocycles. The number of H-pyrrole nitrogens is 1. The lowest BCUT2D eigenvalue weighted by Gasteiger charge is -2.27. The van der Waals surface area contributed by atoms with E-state index in [1.54, 1.807) is 6.07 Å². The van der Waals surface area contributed by atoms with Crippen LogP contribution >= 0.6 is 11.6 Å². The zero-order valence-corrected chi connectivity index (χ0v) is 11.4. The van der Waals surface area contributed by atoms with Crippen LogP contribution in [0, 0.1) is 5.82 Å². The van der Waals surface area contributed by atoms with Crippen LogP contribution in [0.3, 0.4) is 0 Å². The van der Waals surface area contributed by atoms with Gasteiger partial charge in [-0.05, 0) is 42.5 Å². The number of nitrogens with one attached hydrogen (secondary N) is 2. The summed E-state index contributed by atoms with van der Waals surface area (Å²) in [5, 5.41) is 9.26. The summed E-state index contributed by atoms with van der Waals surface area (Å²) >= 11 is 5.95. The van der Waals surface area contributed by atoms with E-state index in [-0.39, 0.29) is 16.9 Å². The second kappa shape index (κ2) is 5.25. The van der Waals surface area contributed by atoms with Crippen LogP contribution in [0.2, 0.25) is 5.02 Å². The second-order valence-electron chi connectivity index (χ2n) is 4.86. The number of rotatable bonds is 2. The maximum absolute atomic E-state index is 13.4. The first-order valence-electron chi connectivity index (χ1n) is 6.43. The molecule has 0 aliphatic heterocycles. The van der Waals surface area contributed by atoms with E-state index in [2.05, 4.69) is 15.5 Å². The van der Waals surface area contributed by atoms with Crippen LogP contribution in [-0.2, 0) is 6.42 Å². The monoisotopic (exact) mass is 293 g/mol. The predicted octanol–water partition coefficient (Wildman–Crippen LogP) is 3.05. The van der Waals surface area contributed by atoms with Gasteiger partial charge in [0.1, 0.15) is 10.8 Å². The third-order valence-electron chi connectivity index (χ3n) is 3.55. The van der Waals surface area contributed by atoms with Crippen LogP contribution in [0.25, 0.3) is 0 Å². The fourth-order valence-corrected chi connectivity index (χ4v) is 2.74. The Morgan fingerprint density at radius 3 is 3.15 bits per heavy atom. The first-order valence-corrected chi connectivity index (χ1v) is 6.81. The number of aromatic nitrogens is 2. The number of aromatic amines is 1. The molecule has 1 aromatic heterocycles. The van der Waals surface area contributed by atoms with Crippen molar-refractivity contribution in [1.29, 1.82) is 0 Å². The molecule has 0 spiro atoms. The highest BCUT2D eigenvalue weighted by molar-refractivity contribution is 6.32. The fraction of sp³-hybridized carbons (Fsp3) is 0.286. The molecular formula is C14H13ClFN3O. The molecule has 0 saturated heterocycles. The Morgan fingerprint density at radius 2 is 2.30 bits per heavy atom. The van der Waals surface area contributed by atoms with Gasteiger partial charge >= 0.3 is 0 Å². The highest BCUT2D eigenvalue weighted by Crippen LogP contribution is 2.33. The first-order chi connectivity index (χ1) is 9.65. The lowest BCUT2D eigenvalue weighted by molar-refractivity contribution is 0.579. The average Bonchev–Trinajstić information content (AvgIpc) is 2.44. The lowest BCUT2D eigenvalue weighted by atomic mass is 9.87. The van der Waals surface area contributed by atoms with Gasteiger partial charge in [-0.2, -0.15) is 5.10 Å². The SMILES string of the molecule is O=c1[nH]ncc(NC2CCCc3ccc(F)cc32)c1Cl. The smallest absolute Gasteiger partial charge is 0.285 e. The van der Waals surface area contributed by atoms with Gasteiger partial charge in [-0.3, -0.25) is 4.79 Å². The fourth-order valence-electron chi connectivity index (χ4n) is 2.59. The molecule has 104 valence electrons. The molecule has 3 rings (SSSR count). The van der Waals surface area contributed by atoms with Gasteiger partial charge in [-0.15, -0.1) is 0 Å². The summed E-state index contributed by atoms with van der Waals surface area (Å²) in [7, 11) is 0. The first kappa shape index (κ1) is 13.1. The molecule has 1 aromatic carbocycles. The summed E-state index contributed by atoms with van der Waals surface area (Å²) in [6.45, 7) is 0. The summed E-state index contributed by atoms with van der Waals surface area (Å²) in [6, 6.07) is 4.77. The molecule has 1 unspecified atom stereocenters. The molecule has 0 amide bonds. The van der Waals surface area contributed by atoms with Crippen LogP contribution in [0.1, 0.15) is 30.0 Å². The molecule has 6 heteroatoms. The Morgan fingerprint density at radius 1 is 1.45 bits per heavy atom. The number of hydrogen-bond acceptors (Lipinski definition) is 3. The number of anilines is 1. The van der Waals surface area contributed by atoms with Gasteiger partial charge in [0.25, 0.3) is 5.56 Å². The normalized spacial score (nSPS) is 17.6. The lowest BCUT2D eigenvalue weighted by Crippen LogP contribution is -2.20. The number of nitrogens with zero attached hydrogens (tertiary/aromatic N) is 1. The van der Waals surface area contributed by atoms with Gasteiger partial charge in [-0.1, -0.05) is 17.7 Å². The molecule has 0 fully saturated rings. The minimum Gasteiger partial charge on any atom is -0.376 e. The standard InChI is InChI=1S/C14H13ClFN3O/c15-13-12(7-17-19-14(13)20)18-11-3-1-2-8-4-5-9(16)6-10(8)11/h4-7,11H,1-3H2,(H2,18,19,20). The largest absolute Gasteiger partial charge is 0.376 e. The molecule has 4 nitrogen and oxygen atoms in total. The maximum atomic E-state index is 13.4. The van der Waals surface area contributed by atoms with E-state index in [0.717, 1.165) is 30.4 Å². The summed E-state index contributed by atoms with van der Waals surface area (Å²) in [4.78, 5) is 11.4. The quantitative estimate of drug-likeness (QED) is 0.895. The van der Waals surface area contributed by atoms with E-state index in [1.165, 1.54) is 12.3 Å². The minimum atomic E-state index is -0.438. The topological polar surface area (TPSA) is 57.8 Å². The molecule has 1 heterocycles. The van der Waals surface area contributed by atoms with Crippen molar-refractivity contribution in [2.24, 2.45) is 0 Å². The molecule has 20 heavy (non-hydrogen) atoms. The Hall–Kier alpha value is -1.88. The molecule has 0 radical (unpaired) electrons. The number of hydrogen-bond donors (Lipinski definition) is 2. The van der Waals surface area contributed by atoms with E-state index in [4.69, 9.17) is 11.6 Å². The average molecular weight is 294 g/mol. The molecule has 1 aliphatic rings. The molecule has 1 atom stereocenters. The van der Waals surface area contributed by atoms with Gasteiger partial charge in [-0.25, -0.2) is 9.49 Å². The van der Waals surface area contributed by atoms with E-state index in [9.17, 15) is 9.18 Å². The zero-order chi connectivity index (χ0) is 14.1. The molecule has 2 aromatic rings. The molecular weight excluding hydrogens is 281 g/mol. The highest BCUT2D eigenvalue weighted by atomic mass is 35.5. The Labute approximate surface area is 120 Å². The van der Waals surface area contributed by atoms with Gasteiger partial charge in [0, 0.05) is 0 Å². The van der Waals surface area contributed by atoms with Crippen molar-refractivity contribution in [2.45, 2.75) is 25.3 Å². The van der Waals surface area contributed by atoms with E-state index in [0.29, 0.717) is 5.69 Å². The summed E-state index contributed by atoms with van der Waals surface area (Å²) < 4.78 is 13.4. The number of halogens is 2. The second-order valence-corrected chi connectivity index (χ2v) is 5.24. The Bertz CT molecular complexity index is 701. The Kier molecular flexibility index (Phi) is 3.44. The summed E-state index contributed by atoms with van der Waals surface area (Å²) in [5.74, 6) is -0.257. The van der Waals surface area contributed by atoms with Crippen LogP contribution in [0.5, 0.6) is 0 Å². The van der Waals surface area contributed by atoms with Crippen LogP contribution in [0.4, 0.5) is 10.1 Å². The van der Waals surface area contributed by atoms with Gasteiger partial charge in [0.2, 0.25) is 0 Å². The summed E-state index contributed by atoms with van der Waals surface area (Å²) in [6.07, 6.45) is 4.27. The van der Waals surface area contributed by atoms with Crippen molar-refractivity contribution in [3.63, 3.8) is 0 Å². The van der Waals surface area contributed by atoms with E-state index in [1.807, 2.05) is 6.07 Å². The predicted molar refractivity (Wildman–Crippen MR) is 75.6 cm³/mol. The van der Waals surface area contributed by atoms with E-state index >= 15 is 0 Å². The zero-order valence-electron chi connectivity index (χ0n) is 10.6. The van der Waals surface area contributed by atoms with E-state index < -0.39 is 5.56 Å². The van der Waals surface area contributed by atoms with Crippen LogP contribution < -0.4 is 10.9 Å². The van der Waals surface area contributed by atoms with Crippen molar-refractivity contribution in [2.75, 3.05) is 5.32 Å². The molecule has 1 aliphatic carbocycles. The molecule has 0 bridgehead atoms. The van der Waals surface area contributed by atoms with Gasteiger partial charge in [0.15, 0.2) is 0 Å². The Balaban J connectivity index is 1.95. The van der Waals surface area contributed by atoms with Crippen molar-refractivity contribution >= 4 is 17.3 Å². The highest BCUT2D eigenvalue weighted by Gasteiger charge is 2.21.